The van der Waals surface area contributed by atoms with E-state index in [1.54, 1.807) is 4.90 Å². The molecule has 0 radical (unpaired) electrons. The van der Waals surface area contributed by atoms with E-state index in [0.29, 0.717) is 24.7 Å². The topological polar surface area (TPSA) is 89.1 Å². The first kappa shape index (κ1) is 16.6. The Hall–Kier alpha value is -2.22. The van der Waals surface area contributed by atoms with Crippen molar-refractivity contribution in [3.8, 4) is 0 Å². The number of carbonyl (C=O) groups excluding carboxylic acids is 1. The Morgan fingerprint density at radius 2 is 2.21 bits per heavy atom. The summed E-state index contributed by atoms with van der Waals surface area (Å²) in [7, 11) is 3.75. The van der Waals surface area contributed by atoms with Crippen molar-refractivity contribution >= 4 is 5.91 Å². The number of nitrogens with one attached hydrogen (secondary N) is 1. The third kappa shape index (κ3) is 3.06. The summed E-state index contributed by atoms with van der Waals surface area (Å²) in [6, 6.07) is -0.0354. The average Bonchev–Trinajstić information content (AvgIpc) is 3.21. The van der Waals surface area contributed by atoms with Gasteiger partial charge in [-0.2, -0.15) is 10.1 Å². The zero-order chi connectivity index (χ0) is 17.3. The van der Waals surface area contributed by atoms with Gasteiger partial charge in [-0.3, -0.25) is 9.48 Å². The molecule has 8 nitrogen and oxygen atoms in total. The van der Waals surface area contributed by atoms with Crippen LogP contribution in [0.2, 0.25) is 0 Å². The molecule has 0 unspecified atom stereocenters. The molecule has 8 heteroatoms. The van der Waals surface area contributed by atoms with E-state index >= 15 is 0 Å². The van der Waals surface area contributed by atoms with E-state index in [1.807, 2.05) is 31.9 Å². The molecule has 1 aliphatic heterocycles. The number of nitrogens with zero attached hydrogens (tertiary/aromatic N) is 5. The number of amides is 1. The van der Waals surface area contributed by atoms with Crippen molar-refractivity contribution in [1.29, 1.82) is 0 Å². The number of aromatic nitrogens is 4. The molecule has 24 heavy (non-hydrogen) atoms. The maximum Gasteiger partial charge on any atom is 0.226 e. The highest BCUT2D eigenvalue weighted by atomic mass is 16.5. The summed E-state index contributed by atoms with van der Waals surface area (Å²) < 4.78 is 7.04. The van der Waals surface area contributed by atoms with Gasteiger partial charge >= 0.3 is 0 Å². The molecule has 0 aromatic carbocycles. The predicted molar refractivity (Wildman–Crippen MR) is 87.0 cm³/mol. The second kappa shape index (κ2) is 6.72. The molecule has 0 bridgehead atoms. The second-order valence-corrected chi connectivity index (χ2v) is 6.30. The van der Waals surface area contributed by atoms with Gasteiger partial charge in [0.15, 0.2) is 5.82 Å². The molecule has 3 rings (SSSR count). The number of hydrogen-bond acceptors (Lipinski definition) is 6. The van der Waals surface area contributed by atoms with Crippen LogP contribution in [-0.2, 0) is 24.8 Å². The van der Waals surface area contributed by atoms with E-state index in [9.17, 15) is 4.79 Å². The number of likely N-dealkylation sites (N-methyl/N-ethyl adjacent to an activating group) is 1. The molecular formula is C16H24N6O2. The van der Waals surface area contributed by atoms with Gasteiger partial charge in [-0.25, -0.2) is 0 Å². The Morgan fingerprint density at radius 1 is 1.42 bits per heavy atom. The van der Waals surface area contributed by atoms with Crippen LogP contribution in [0.3, 0.4) is 0 Å². The molecule has 1 N–H and O–H groups in total. The van der Waals surface area contributed by atoms with Gasteiger partial charge in [-0.05, 0) is 13.3 Å². The minimum Gasteiger partial charge on any atom is -0.339 e. The van der Waals surface area contributed by atoms with Gasteiger partial charge in [0.25, 0.3) is 0 Å². The number of likely N-dealkylation sites (tertiary alicyclic amines) is 1. The van der Waals surface area contributed by atoms with Gasteiger partial charge in [-0.15, -0.1) is 0 Å². The summed E-state index contributed by atoms with van der Waals surface area (Å²) >= 11 is 0. The monoisotopic (exact) mass is 332 g/mol. The van der Waals surface area contributed by atoms with E-state index in [4.69, 9.17) is 4.52 Å². The summed E-state index contributed by atoms with van der Waals surface area (Å²) in [4.78, 5) is 18.4. The van der Waals surface area contributed by atoms with E-state index < -0.39 is 0 Å². The van der Waals surface area contributed by atoms with E-state index in [2.05, 4.69) is 27.5 Å². The van der Waals surface area contributed by atoms with Crippen molar-refractivity contribution < 1.29 is 9.32 Å². The minimum absolute atomic E-state index is 0.00137. The van der Waals surface area contributed by atoms with Crippen LogP contribution < -0.4 is 5.32 Å². The Labute approximate surface area is 141 Å². The first-order valence-electron chi connectivity index (χ1n) is 8.30. The molecule has 2 aromatic rings. The summed E-state index contributed by atoms with van der Waals surface area (Å²) in [6.45, 7) is 4.57. The quantitative estimate of drug-likeness (QED) is 0.853. The molecule has 0 aliphatic carbocycles. The largest absolute Gasteiger partial charge is 0.339 e. The van der Waals surface area contributed by atoms with Gasteiger partial charge in [0.1, 0.15) is 0 Å². The van der Waals surface area contributed by atoms with Crippen molar-refractivity contribution in [3.05, 3.63) is 29.2 Å². The lowest BCUT2D eigenvalue weighted by Crippen LogP contribution is -2.35. The minimum atomic E-state index is -0.0341. The molecule has 130 valence electrons. The number of hydrogen-bond donors (Lipinski definition) is 1. The molecule has 2 atom stereocenters. The molecular weight excluding hydrogens is 308 g/mol. The Morgan fingerprint density at radius 3 is 2.88 bits per heavy atom. The van der Waals surface area contributed by atoms with Crippen LogP contribution in [0, 0.1) is 6.92 Å². The van der Waals surface area contributed by atoms with E-state index in [0.717, 1.165) is 24.1 Å². The Balaban J connectivity index is 1.73. The van der Waals surface area contributed by atoms with Crippen LogP contribution in [0.1, 0.15) is 48.8 Å². The highest BCUT2D eigenvalue weighted by molar-refractivity contribution is 5.80. The van der Waals surface area contributed by atoms with Gasteiger partial charge in [0.05, 0.1) is 18.8 Å². The van der Waals surface area contributed by atoms with Crippen LogP contribution in [0.25, 0.3) is 0 Å². The Kier molecular flexibility index (Phi) is 4.66. The van der Waals surface area contributed by atoms with Crippen LogP contribution in [-0.4, -0.2) is 43.8 Å². The lowest BCUT2D eigenvalue weighted by atomic mass is 10.0. The maximum absolute atomic E-state index is 12.2. The molecule has 3 heterocycles. The smallest absolute Gasteiger partial charge is 0.226 e. The van der Waals surface area contributed by atoms with Crippen molar-refractivity contribution in [2.45, 2.75) is 51.7 Å². The van der Waals surface area contributed by atoms with Gasteiger partial charge < -0.3 is 14.7 Å². The molecule has 0 saturated carbocycles. The third-order valence-electron chi connectivity index (χ3n) is 4.67. The second-order valence-electron chi connectivity index (χ2n) is 6.30. The zero-order valence-electron chi connectivity index (χ0n) is 14.6. The Bertz CT molecular complexity index is 722. The number of aryl methyl sites for hydroxylation is 2. The highest BCUT2D eigenvalue weighted by Gasteiger charge is 2.39. The summed E-state index contributed by atoms with van der Waals surface area (Å²) in [5.74, 6) is 1.41. The third-order valence-corrected chi connectivity index (χ3v) is 4.67. The fourth-order valence-corrected chi connectivity index (χ4v) is 3.18. The first-order chi connectivity index (χ1) is 11.5. The van der Waals surface area contributed by atoms with Crippen molar-refractivity contribution in [2.75, 3.05) is 7.05 Å². The SMILES string of the molecule is CCCc1nc(CN[C@@H]2CC(=O)N(C)[C@H]2c2cnn(C)c2C)no1. The van der Waals surface area contributed by atoms with Gasteiger partial charge in [0.2, 0.25) is 11.8 Å². The van der Waals surface area contributed by atoms with Crippen LogP contribution in [0.4, 0.5) is 0 Å². The number of rotatable bonds is 6. The van der Waals surface area contributed by atoms with E-state index in [1.165, 1.54) is 0 Å². The van der Waals surface area contributed by atoms with Gasteiger partial charge in [0, 0.05) is 44.2 Å². The lowest BCUT2D eigenvalue weighted by molar-refractivity contribution is -0.127. The molecule has 1 saturated heterocycles. The number of carbonyl (C=O) groups is 1. The first-order valence-corrected chi connectivity index (χ1v) is 8.30. The average molecular weight is 332 g/mol. The fourth-order valence-electron chi connectivity index (χ4n) is 3.18. The highest BCUT2D eigenvalue weighted by Crippen LogP contribution is 2.33. The molecule has 1 fully saturated rings. The van der Waals surface area contributed by atoms with Crippen LogP contribution in [0.5, 0.6) is 0 Å². The predicted octanol–water partition coefficient (Wildman–Crippen LogP) is 1.13. The molecule has 2 aromatic heterocycles. The van der Waals surface area contributed by atoms with Crippen LogP contribution >= 0.6 is 0 Å². The summed E-state index contributed by atoms with van der Waals surface area (Å²) in [6.07, 6.45) is 4.06. The maximum atomic E-state index is 12.2. The molecule has 0 spiro atoms. The molecule has 1 aliphatic rings. The fraction of sp³-hybridized carbons (Fsp3) is 0.625. The standard InChI is InChI=1S/C16H24N6O2/c1-5-6-14-19-13(20-24-14)9-17-12-7-15(23)21(3)16(12)11-8-18-22(4)10(11)2/h8,12,16-17H,5-7,9H2,1-4H3/t12-,16+/m1/s1. The summed E-state index contributed by atoms with van der Waals surface area (Å²) in [5, 5.41) is 11.7. The van der Waals surface area contributed by atoms with Crippen molar-refractivity contribution in [1.82, 2.24) is 30.1 Å². The zero-order valence-corrected chi connectivity index (χ0v) is 14.6. The van der Waals surface area contributed by atoms with Crippen molar-refractivity contribution in [3.63, 3.8) is 0 Å². The van der Waals surface area contributed by atoms with Crippen LogP contribution in [0.15, 0.2) is 10.7 Å². The van der Waals surface area contributed by atoms with Gasteiger partial charge in [-0.1, -0.05) is 12.1 Å². The van der Waals surface area contributed by atoms with Crippen molar-refractivity contribution in [2.24, 2.45) is 7.05 Å². The van der Waals surface area contributed by atoms with E-state index in [-0.39, 0.29) is 18.0 Å². The molecule has 1 amide bonds. The summed E-state index contributed by atoms with van der Waals surface area (Å²) in [5.41, 5.74) is 2.14. The normalized spacial score (nSPS) is 21.0. The lowest BCUT2D eigenvalue weighted by Gasteiger charge is -2.25.